The Balaban J connectivity index is 2.01. The van der Waals surface area contributed by atoms with Crippen molar-refractivity contribution < 1.29 is 4.74 Å². The number of morpholine rings is 1. The molecule has 0 saturated carbocycles. The topological polar surface area (TPSA) is 64.3 Å². The summed E-state index contributed by atoms with van der Waals surface area (Å²) < 4.78 is 5.70. The molecule has 1 saturated heterocycles. The average Bonchev–Trinajstić information content (AvgIpc) is 2.40. The molecule has 1 aliphatic carbocycles. The van der Waals surface area contributed by atoms with Gasteiger partial charge in [0.15, 0.2) is 0 Å². The minimum atomic E-state index is 0.242. The molecule has 1 fully saturated rings. The van der Waals surface area contributed by atoms with E-state index in [0.717, 1.165) is 37.5 Å². The third kappa shape index (κ3) is 2.39. The highest BCUT2D eigenvalue weighted by Crippen LogP contribution is 2.31. The van der Waals surface area contributed by atoms with Crippen LogP contribution in [-0.2, 0) is 17.6 Å². The first-order valence-corrected chi connectivity index (χ1v) is 7.18. The van der Waals surface area contributed by atoms with Gasteiger partial charge in [-0.15, -0.1) is 0 Å². The smallest absolute Gasteiger partial charge is 0.222 e. The molecular weight excluding hydrogens is 240 g/mol. The van der Waals surface area contributed by atoms with E-state index in [9.17, 15) is 0 Å². The molecule has 5 heteroatoms. The molecule has 2 N–H and O–H groups in total. The normalized spacial score (nSPS) is 27.2. The average molecular weight is 262 g/mol. The van der Waals surface area contributed by atoms with E-state index in [2.05, 4.69) is 28.7 Å². The van der Waals surface area contributed by atoms with Crippen LogP contribution in [0.2, 0.25) is 0 Å². The van der Waals surface area contributed by atoms with Gasteiger partial charge in [-0.3, -0.25) is 0 Å². The highest BCUT2D eigenvalue weighted by molar-refractivity contribution is 5.54. The summed E-state index contributed by atoms with van der Waals surface area (Å²) in [5.41, 5.74) is 8.35. The Kier molecular flexibility index (Phi) is 3.31. The van der Waals surface area contributed by atoms with Gasteiger partial charge >= 0.3 is 0 Å². The van der Waals surface area contributed by atoms with Crippen molar-refractivity contribution >= 4 is 11.8 Å². The van der Waals surface area contributed by atoms with Gasteiger partial charge in [0.05, 0.1) is 24.4 Å². The zero-order chi connectivity index (χ0) is 13.4. The Morgan fingerprint density at radius 2 is 2.00 bits per heavy atom. The molecular formula is C14H22N4O. The van der Waals surface area contributed by atoms with Gasteiger partial charge in [0.25, 0.3) is 0 Å². The molecule has 0 bridgehead atoms. The molecule has 5 nitrogen and oxygen atoms in total. The third-order valence-corrected chi connectivity index (χ3v) is 4.06. The van der Waals surface area contributed by atoms with Crippen LogP contribution in [0.15, 0.2) is 0 Å². The van der Waals surface area contributed by atoms with Crippen molar-refractivity contribution in [3.63, 3.8) is 0 Å². The quantitative estimate of drug-likeness (QED) is 0.832. The summed E-state index contributed by atoms with van der Waals surface area (Å²) in [5.74, 6) is 1.45. The molecule has 2 aliphatic rings. The maximum atomic E-state index is 5.89. The molecule has 2 unspecified atom stereocenters. The number of hydrogen-bond donors (Lipinski definition) is 1. The van der Waals surface area contributed by atoms with Gasteiger partial charge in [0.2, 0.25) is 5.95 Å². The van der Waals surface area contributed by atoms with Gasteiger partial charge in [-0.1, -0.05) is 0 Å². The monoisotopic (exact) mass is 262 g/mol. The number of nitrogen functional groups attached to an aromatic ring is 1. The van der Waals surface area contributed by atoms with Gasteiger partial charge in [0.1, 0.15) is 5.82 Å². The first-order chi connectivity index (χ1) is 9.15. The summed E-state index contributed by atoms with van der Waals surface area (Å²) in [7, 11) is 0. The van der Waals surface area contributed by atoms with E-state index in [4.69, 9.17) is 10.5 Å². The largest absolute Gasteiger partial charge is 0.375 e. The van der Waals surface area contributed by atoms with Crippen molar-refractivity contribution in [2.75, 3.05) is 23.8 Å². The number of nitrogens with two attached hydrogens (primary N) is 1. The lowest BCUT2D eigenvalue weighted by molar-refractivity contribution is 0.0339. The summed E-state index contributed by atoms with van der Waals surface area (Å²) in [6.45, 7) is 5.92. The van der Waals surface area contributed by atoms with Crippen LogP contribution in [0.5, 0.6) is 0 Å². The van der Waals surface area contributed by atoms with Crippen LogP contribution in [0.25, 0.3) is 0 Å². The van der Waals surface area contributed by atoms with E-state index in [0.29, 0.717) is 12.0 Å². The lowest BCUT2D eigenvalue weighted by atomic mass is 9.95. The predicted octanol–water partition coefficient (Wildman–Crippen LogP) is 1.55. The number of aromatic nitrogens is 2. The van der Waals surface area contributed by atoms with E-state index in [1.807, 2.05) is 0 Å². The Labute approximate surface area is 114 Å². The zero-order valence-corrected chi connectivity index (χ0v) is 11.7. The highest BCUT2D eigenvalue weighted by Gasteiger charge is 2.28. The number of anilines is 2. The van der Waals surface area contributed by atoms with Gasteiger partial charge in [-0.05, 0) is 39.5 Å². The molecule has 19 heavy (non-hydrogen) atoms. The van der Waals surface area contributed by atoms with E-state index in [-0.39, 0.29) is 6.10 Å². The van der Waals surface area contributed by atoms with E-state index >= 15 is 0 Å². The summed E-state index contributed by atoms with van der Waals surface area (Å²) in [6.07, 6.45) is 4.78. The van der Waals surface area contributed by atoms with Crippen LogP contribution < -0.4 is 10.6 Å². The second kappa shape index (κ2) is 4.96. The third-order valence-electron chi connectivity index (χ3n) is 4.06. The Bertz CT molecular complexity index is 477. The minimum absolute atomic E-state index is 0.242. The summed E-state index contributed by atoms with van der Waals surface area (Å²) in [6, 6.07) is 0.344. The summed E-state index contributed by atoms with van der Waals surface area (Å²) in [4.78, 5) is 11.3. The molecule has 0 aromatic carbocycles. The van der Waals surface area contributed by atoms with Gasteiger partial charge < -0.3 is 15.4 Å². The van der Waals surface area contributed by atoms with Crippen LogP contribution in [0, 0.1) is 0 Å². The number of nitrogens with zero attached hydrogens (tertiary/aromatic N) is 3. The van der Waals surface area contributed by atoms with Gasteiger partial charge in [0, 0.05) is 12.1 Å². The van der Waals surface area contributed by atoms with Gasteiger partial charge in [-0.25, -0.2) is 4.98 Å². The fraction of sp³-hybridized carbons (Fsp3) is 0.714. The van der Waals surface area contributed by atoms with Crippen LogP contribution in [-0.4, -0.2) is 35.3 Å². The van der Waals surface area contributed by atoms with Crippen LogP contribution in [0.1, 0.15) is 37.9 Å². The summed E-state index contributed by atoms with van der Waals surface area (Å²) in [5, 5.41) is 0. The lowest BCUT2D eigenvalue weighted by Crippen LogP contribution is -2.48. The van der Waals surface area contributed by atoms with Gasteiger partial charge in [-0.2, -0.15) is 4.98 Å². The lowest BCUT2D eigenvalue weighted by Gasteiger charge is -2.39. The number of fused-ring (bicyclic) bond motifs is 1. The zero-order valence-electron chi connectivity index (χ0n) is 11.7. The minimum Gasteiger partial charge on any atom is -0.375 e. The van der Waals surface area contributed by atoms with Crippen molar-refractivity contribution in [1.82, 2.24) is 9.97 Å². The number of aryl methyl sites for hydroxylation is 1. The molecule has 1 aliphatic heterocycles. The Hall–Kier alpha value is -1.36. The molecule has 0 radical (unpaired) electrons. The fourth-order valence-corrected chi connectivity index (χ4v) is 3.03. The number of ether oxygens (including phenoxy) is 1. The number of rotatable bonds is 1. The van der Waals surface area contributed by atoms with Crippen LogP contribution in [0.3, 0.4) is 0 Å². The maximum Gasteiger partial charge on any atom is 0.222 e. The molecule has 2 heterocycles. The molecule has 3 rings (SSSR count). The highest BCUT2D eigenvalue weighted by atomic mass is 16.5. The predicted molar refractivity (Wildman–Crippen MR) is 75.3 cm³/mol. The second-order valence-corrected chi connectivity index (χ2v) is 5.68. The van der Waals surface area contributed by atoms with Crippen molar-refractivity contribution in [1.29, 1.82) is 0 Å². The van der Waals surface area contributed by atoms with Crippen molar-refractivity contribution in [3.8, 4) is 0 Å². The SMILES string of the molecule is CC1CN(c2nc(N)nc3c2CCCC3)C(C)CO1. The number of hydrogen-bond acceptors (Lipinski definition) is 5. The summed E-state index contributed by atoms with van der Waals surface area (Å²) >= 11 is 0. The van der Waals surface area contributed by atoms with Crippen molar-refractivity contribution in [2.45, 2.75) is 51.7 Å². The Morgan fingerprint density at radius 3 is 2.84 bits per heavy atom. The van der Waals surface area contributed by atoms with E-state index in [1.54, 1.807) is 0 Å². The standard InChI is InChI=1S/C14H22N4O/c1-9-8-19-10(2)7-18(9)13-11-5-3-4-6-12(11)16-14(15)17-13/h9-10H,3-8H2,1-2H3,(H2,15,16,17). The molecule has 104 valence electrons. The first-order valence-electron chi connectivity index (χ1n) is 7.18. The molecule has 0 spiro atoms. The van der Waals surface area contributed by atoms with Crippen molar-refractivity contribution in [2.24, 2.45) is 0 Å². The van der Waals surface area contributed by atoms with E-state index in [1.165, 1.54) is 18.4 Å². The molecule has 1 aromatic heterocycles. The second-order valence-electron chi connectivity index (χ2n) is 5.68. The maximum absolute atomic E-state index is 5.89. The van der Waals surface area contributed by atoms with Crippen LogP contribution in [0.4, 0.5) is 11.8 Å². The molecule has 1 aromatic rings. The molecule has 0 amide bonds. The van der Waals surface area contributed by atoms with E-state index < -0.39 is 0 Å². The first kappa shape index (κ1) is 12.7. The molecule has 2 atom stereocenters. The van der Waals surface area contributed by atoms with Crippen LogP contribution >= 0.6 is 0 Å². The van der Waals surface area contributed by atoms with Crippen molar-refractivity contribution in [3.05, 3.63) is 11.3 Å². The fourth-order valence-electron chi connectivity index (χ4n) is 3.03. The Morgan fingerprint density at radius 1 is 1.21 bits per heavy atom.